The minimum Gasteiger partial charge on any atom is -0.354 e. The van der Waals surface area contributed by atoms with Gasteiger partial charge in [0.2, 0.25) is 11.8 Å². The first-order valence-corrected chi connectivity index (χ1v) is 11.4. The standard InChI is InChI=1S/C22H35N5O2/c1-4-27-13-24-26-18(27)5-6-23-20(28)19(14(2)3)25-21(29)22-10-15-7-16(11-22)9-17(8-15)12-22/h13-17,19H,4-12H2,1-3H3,(H,23,28)(H,25,29). The molecule has 0 aromatic carbocycles. The van der Waals surface area contributed by atoms with Crippen LogP contribution in [0.15, 0.2) is 6.33 Å². The topological polar surface area (TPSA) is 88.9 Å². The monoisotopic (exact) mass is 401 g/mol. The zero-order chi connectivity index (χ0) is 20.6. The van der Waals surface area contributed by atoms with Gasteiger partial charge in [-0.1, -0.05) is 13.8 Å². The van der Waals surface area contributed by atoms with Crippen LogP contribution in [0, 0.1) is 29.1 Å². The lowest BCUT2D eigenvalue weighted by Crippen LogP contribution is -2.58. The van der Waals surface area contributed by atoms with Gasteiger partial charge in [0.25, 0.3) is 0 Å². The van der Waals surface area contributed by atoms with Gasteiger partial charge in [-0.3, -0.25) is 9.59 Å². The summed E-state index contributed by atoms with van der Waals surface area (Å²) in [4.78, 5) is 26.2. The van der Waals surface area contributed by atoms with E-state index >= 15 is 0 Å². The number of nitrogens with zero attached hydrogens (tertiary/aromatic N) is 3. The Bertz CT molecular complexity index is 721. The maximum Gasteiger partial charge on any atom is 0.242 e. The molecule has 0 saturated heterocycles. The van der Waals surface area contributed by atoms with E-state index in [1.165, 1.54) is 19.3 Å². The molecule has 1 aromatic heterocycles. The van der Waals surface area contributed by atoms with Crippen molar-refractivity contribution in [2.24, 2.45) is 29.1 Å². The second kappa shape index (κ2) is 8.07. The first kappa shape index (κ1) is 20.4. The molecule has 1 atom stereocenters. The lowest BCUT2D eigenvalue weighted by Gasteiger charge is -2.55. The number of aryl methyl sites for hydroxylation is 1. The van der Waals surface area contributed by atoms with Crippen LogP contribution in [0.3, 0.4) is 0 Å². The molecular formula is C22H35N5O2. The van der Waals surface area contributed by atoms with Gasteiger partial charge < -0.3 is 15.2 Å². The second-order valence-electron chi connectivity index (χ2n) is 9.97. The van der Waals surface area contributed by atoms with Gasteiger partial charge in [-0.2, -0.15) is 0 Å². The van der Waals surface area contributed by atoms with Crippen LogP contribution in [0.1, 0.15) is 65.1 Å². The Morgan fingerprint density at radius 2 is 1.79 bits per heavy atom. The Balaban J connectivity index is 1.35. The third-order valence-corrected chi connectivity index (χ3v) is 7.44. The summed E-state index contributed by atoms with van der Waals surface area (Å²) in [5, 5.41) is 14.2. The summed E-state index contributed by atoms with van der Waals surface area (Å²) in [6, 6.07) is -0.487. The summed E-state index contributed by atoms with van der Waals surface area (Å²) in [6.07, 6.45) is 9.32. The van der Waals surface area contributed by atoms with Gasteiger partial charge in [-0.25, -0.2) is 0 Å². The highest BCUT2D eigenvalue weighted by molar-refractivity contribution is 5.90. The number of carbonyl (C=O) groups excluding carboxylic acids is 2. The molecule has 4 fully saturated rings. The maximum absolute atomic E-state index is 13.3. The van der Waals surface area contributed by atoms with Crippen molar-refractivity contribution in [2.75, 3.05) is 6.54 Å². The molecule has 0 aliphatic heterocycles. The van der Waals surface area contributed by atoms with Crippen molar-refractivity contribution < 1.29 is 9.59 Å². The van der Waals surface area contributed by atoms with Crippen LogP contribution in [0.4, 0.5) is 0 Å². The van der Waals surface area contributed by atoms with Crippen molar-refractivity contribution in [3.8, 4) is 0 Å². The number of carbonyl (C=O) groups is 2. The molecule has 7 heteroatoms. The van der Waals surface area contributed by atoms with Crippen molar-refractivity contribution in [1.82, 2.24) is 25.4 Å². The van der Waals surface area contributed by atoms with E-state index in [4.69, 9.17) is 0 Å². The van der Waals surface area contributed by atoms with E-state index in [0.29, 0.717) is 30.7 Å². The number of amides is 2. The number of aromatic nitrogens is 3. The molecule has 29 heavy (non-hydrogen) atoms. The summed E-state index contributed by atoms with van der Waals surface area (Å²) < 4.78 is 1.97. The summed E-state index contributed by atoms with van der Waals surface area (Å²) in [6.45, 7) is 7.34. The molecule has 0 spiro atoms. The third kappa shape index (κ3) is 4.05. The van der Waals surface area contributed by atoms with Crippen LogP contribution in [0.5, 0.6) is 0 Å². The third-order valence-electron chi connectivity index (χ3n) is 7.44. The van der Waals surface area contributed by atoms with Crippen molar-refractivity contribution >= 4 is 11.8 Å². The van der Waals surface area contributed by atoms with Gasteiger partial charge in [0.05, 0.1) is 0 Å². The first-order chi connectivity index (χ1) is 13.9. The Kier molecular flexibility index (Phi) is 5.67. The normalized spacial score (nSPS) is 31.1. The van der Waals surface area contributed by atoms with Crippen molar-refractivity contribution in [2.45, 2.75) is 78.3 Å². The Morgan fingerprint density at radius 3 is 2.34 bits per heavy atom. The van der Waals surface area contributed by atoms with Crippen LogP contribution in [-0.4, -0.2) is 39.2 Å². The summed E-state index contributed by atoms with van der Waals surface area (Å²) in [5.41, 5.74) is -0.223. The van der Waals surface area contributed by atoms with Crippen molar-refractivity contribution in [3.63, 3.8) is 0 Å². The molecule has 4 bridgehead atoms. The molecule has 1 heterocycles. The van der Waals surface area contributed by atoms with Crippen LogP contribution >= 0.6 is 0 Å². The average Bonchev–Trinajstić information content (AvgIpc) is 3.12. The molecule has 4 aliphatic carbocycles. The minimum atomic E-state index is -0.487. The van der Waals surface area contributed by atoms with Gasteiger partial charge in [-0.05, 0) is 69.1 Å². The molecule has 4 saturated carbocycles. The molecule has 7 nitrogen and oxygen atoms in total. The highest BCUT2D eigenvalue weighted by atomic mass is 16.2. The van der Waals surface area contributed by atoms with Crippen LogP contribution in [0.2, 0.25) is 0 Å². The van der Waals surface area contributed by atoms with Gasteiger partial charge in [0.15, 0.2) is 0 Å². The fraction of sp³-hybridized carbons (Fsp3) is 0.818. The molecule has 4 aliphatic rings. The van der Waals surface area contributed by atoms with E-state index in [1.807, 2.05) is 25.3 Å². The predicted octanol–water partition coefficient (Wildman–Crippen LogP) is 2.31. The van der Waals surface area contributed by atoms with E-state index < -0.39 is 6.04 Å². The molecule has 5 rings (SSSR count). The fourth-order valence-corrected chi connectivity index (χ4v) is 6.36. The zero-order valence-corrected chi connectivity index (χ0v) is 18.0. The highest BCUT2D eigenvalue weighted by Crippen LogP contribution is 2.60. The number of nitrogens with one attached hydrogen (secondary N) is 2. The van der Waals surface area contributed by atoms with E-state index in [0.717, 1.165) is 31.6 Å². The van der Waals surface area contributed by atoms with Crippen molar-refractivity contribution in [1.29, 1.82) is 0 Å². The zero-order valence-electron chi connectivity index (χ0n) is 18.0. The van der Waals surface area contributed by atoms with E-state index in [2.05, 4.69) is 20.8 Å². The molecule has 2 N–H and O–H groups in total. The quantitative estimate of drug-likeness (QED) is 0.700. The van der Waals surface area contributed by atoms with E-state index in [-0.39, 0.29) is 23.1 Å². The van der Waals surface area contributed by atoms with Gasteiger partial charge in [-0.15, -0.1) is 10.2 Å². The fourth-order valence-electron chi connectivity index (χ4n) is 6.36. The molecule has 2 amide bonds. The predicted molar refractivity (Wildman–Crippen MR) is 110 cm³/mol. The van der Waals surface area contributed by atoms with Gasteiger partial charge in [0, 0.05) is 24.9 Å². The first-order valence-electron chi connectivity index (χ1n) is 11.4. The molecule has 0 radical (unpaired) electrons. The van der Waals surface area contributed by atoms with Crippen LogP contribution < -0.4 is 10.6 Å². The highest BCUT2D eigenvalue weighted by Gasteiger charge is 2.55. The van der Waals surface area contributed by atoms with Gasteiger partial charge >= 0.3 is 0 Å². The average molecular weight is 402 g/mol. The van der Waals surface area contributed by atoms with Crippen LogP contribution in [-0.2, 0) is 22.6 Å². The Labute approximate surface area is 173 Å². The maximum atomic E-state index is 13.3. The lowest BCUT2D eigenvalue weighted by molar-refractivity contribution is -0.149. The molecule has 1 unspecified atom stereocenters. The lowest BCUT2D eigenvalue weighted by atomic mass is 9.49. The van der Waals surface area contributed by atoms with E-state index in [1.54, 1.807) is 6.33 Å². The summed E-state index contributed by atoms with van der Waals surface area (Å²) in [5.74, 6) is 3.09. The van der Waals surface area contributed by atoms with Gasteiger partial charge in [0.1, 0.15) is 18.2 Å². The summed E-state index contributed by atoms with van der Waals surface area (Å²) in [7, 11) is 0. The number of hydrogen-bond donors (Lipinski definition) is 2. The number of rotatable bonds is 8. The minimum absolute atomic E-state index is 0.0483. The SMILES string of the molecule is CCn1cnnc1CCNC(=O)C(NC(=O)C12CC3CC(CC(C3)C1)C2)C(C)C. The summed E-state index contributed by atoms with van der Waals surface area (Å²) >= 11 is 0. The Hall–Kier alpha value is -1.92. The Morgan fingerprint density at radius 1 is 1.17 bits per heavy atom. The van der Waals surface area contributed by atoms with E-state index in [9.17, 15) is 9.59 Å². The second-order valence-corrected chi connectivity index (χ2v) is 9.97. The van der Waals surface area contributed by atoms with Crippen molar-refractivity contribution in [3.05, 3.63) is 12.2 Å². The molecular weight excluding hydrogens is 366 g/mol. The molecule has 1 aromatic rings. The number of hydrogen-bond acceptors (Lipinski definition) is 4. The largest absolute Gasteiger partial charge is 0.354 e. The smallest absolute Gasteiger partial charge is 0.242 e. The molecule has 160 valence electrons. The van der Waals surface area contributed by atoms with Crippen LogP contribution in [0.25, 0.3) is 0 Å².